The van der Waals surface area contributed by atoms with Crippen LogP contribution in [0.2, 0.25) is 5.02 Å². The molecule has 0 spiro atoms. The molecular formula is C18H20ClN3O2. The first kappa shape index (κ1) is 17.9. The lowest BCUT2D eigenvalue weighted by Crippen LogP contribution is -2.36. The van der Waals surface area contributed by atoms with Gasteiger partial charge in [-0.2, -0.15) is 0 Å². The Kier molecular flexibility index (Phi) is 5.93. The molecule has 0 bridgehead atoms. The van der Waals surface area contributed by atoms with E-state index >= 15 is 0 Å². The van der Waals surface area contributed by atoms with Gasteiger partial charge in [-0.05, 0) is 37.3 Å². The van der Waals surface area contributed by atoms with E-state index in [9.17, 15) is 9.59 Å². The lowest BCUT2D eigenvalue weighted by Gasteiger charge is -2.25. The molecule has 1 N–H and O–H groups in total. The Hall–Kier alpha value is -2.40. The van der Waals surface area contributed by atoms with Gasteiger partial charge < -0.3 is 10.2 Å². The largest absolute Gasteiger partial charge is 0.339 e. The van der Waals surface area contributed by atoms with Crippen LogP contribution in [0.25, 0.3) is 0 Å². The van der Waals surface area contributed by atoms with Crippen LogP contribution in [0.15, 0.2) is 42.6 Å². The van der Waals surface area contributed by atoms with Crippen LogP contribution in [-0.2, 0) is 11.2 Å². The summed E-state index contributed by atoms with van der Waals surface area (Å²) >= 11 is 6.16. The van der Waals surface area contributed by atoms with Gasteiger partial charge >= 0.3 is 0 Å². The summed E-state index contributed by atoms with van der Waals surface area (Å²) in [6, 6.07) is 10.5. The third-order valence-electron chi connectivity index (χ3n) is 3.73. The van der Waals surface area contributed by atoms with E-state index in [1.54, 1.807) is 36.3 Å². The number of nitrogens with zero attached hydrogens (tertiary/aromatic N) is 2. The number of benzene rings is 1. The maximum Gasteiger partial charge on any atom is 0.255 e. The molecule has 0 radical (unpaired) electrons. The summed E-state index contributed by atoms with van der Waals surface area (Å²) in [5.74, 6) is -0.400. The van der Waals surface area contributed by atoms with Crippen molar-refractivity contribution >= 4 is 29.1 Å². The molecule has 2 amide bonds. The van der Waals surface area contributed by atoms with Crippen molar-refractivity contribution in [3.8, 4) is 0 Å². The van der Waals surface area contributed by atoms with E-state index in [1.807, 2.05) is 25.1 Å². The van der Waals surface area contributed by atoms with Gasteiger partial charge in [0.25, 0.3) is 5.91 Å². The number of hydrogen-bond donors (Lipinski definition) is 1. The van der Waals surface area contributed by atoms with Crippen molar-refractivity contribution in [3.63, 3.8) is 0 Å². The Balaban J connectivity index is 2.16. The van der Waals surface area contributed by atoms with Crippen LogP contribution in [0.1, 0.15) is 29.9 Å². The minimum Gasteiger partial charge on any atom is -0.339 e. The van der Waals surface area contributed by atoms with E-state index in [1.165, 1.54) is 6.92 Å². The second-order valence-corrected chi connectivity index (χ2v) is 6.07. The summed E-state index contributed by atoms with van der Waals surface area (Å²) in [6.07, 6.45) is 2.38. The average Bonchev–Trinajstić information content (AvgIpc) is 2.55. The fourth-order valence-corrected chi connectivity index (χ4v) is 2.52. The first-order valence-electron chi connectivity index (χ1n) is 7.62. The summed E-state index contributed by atoms with van der Waals surface area (Å²) in [4.78, 5) is 29.8. The van der Waals surface area contributed by atoms with E-state index in [0.717, 1.165) is 5.69 Å². The lowest BCUT2D eigenvalue weighted by atomic mass is 10.1. The van der Waals surface area contributed by atoms with E-state index in [4.69, 9.17) is 11.6 Å². The molecule has 0 aliphatic rings. The minimum atomic E-state index is -0.201. The Morgan fingerprint density at radius 1 is 1.29 bits per heavy atom. The lowest BCUT2D eigenvalue weighted by molar-refractivity contribution is -0.114. The predicted molar refractivity (Wildman–Crippen MR) is 95.3 cm³/mol. The Labute approximate surface area is 146 Å². The van der Waals surface area contributed by atoms with E-state index in [2.05, 4.69) is 10.3 Å². The normalized spacial score (nSPS) is 11.7. The fourth-order valence-electron chi connectivity index (χ4n) is 2.32. The summed E-state index contributed by atoms with van der Waals surface area (Å²) in [5.41, 5.74) is 1.82. The number of carbonyl (C=O) groups is 2. The van der Waals surface area contributed by atoms with Gasteiger partial charge in [-0.1, -0.05) is 17.7 Å². The van der Waals surface area contributed by atoms with Gasteiger partial charge in [0.15, 0.2) is 0 Å². The number of amides is 2. The number of aromatic nitrogens is 1. The average molecular weight is 346 g/mol. The Morgan fingerprint density at radius 2 is 2.04 bits per heavy atom. The van der Waals surface area contributed by atoms with Crippen molar-refractivity contribution in [3.05, 3.63) is 58.9 Å². The molecule has 1 aromatic carbocycles. The van der Waals surface area contributed by atoms with E-state index in [0.29, 0.717) is 22.7 Å². The summed E-state index contributed by atoms with van der Waals surface area (Å²) in [5, 5.41) is 3.01. The minimum absolute atomic E-state index is 0.0483. The van der Waals surface area contributed by atoms with Crippen molar-refractivity contribution in [2.75, 3.05) is 12.4 Å². The number of halogens is 1. The predicted octanol–water partition coefficient (Wildman–Crippen LogP) is 3.40. The van der Waals surface area contributed by atoms with Crippen LogP contribution in [0.4, 0.5) is 5.69 Å². The van der Waals surface area contributed by atoms with Crippen molar-refractivity contribution in [2.45, 2.75) is 26.3 Å². The van der Waals surface area contributed by atoms with Gasteiger partial charge in [-0.15, -0.1) is 0 Å². The highest BCUT2D eigenvalue weighted by Crippen LogP contribution is 2.23. The quantitative estimate of drug-likeness (QED) is 0.903. The number of carbonyl (C=O) groups excluding carboxylic acids is 2. The molecule has 1 aromatic heterocycles. The zero-order chi connectivity index (χ0) is 17.7. The SMILES string of the molecule is CC(=O)Nc1ccc(Cl)c(C(=O)N(C)C(C)Cc2ccccn2)c1. The third kappa shape index (κ3) is 4.55. The maximum atomic E-state index is 12.7. The molecule has 6 heteroatoms. The maximum absolute atomic E-state index is 12.7. The molecule has 1 unspecified atom stereocenters. The highest BCUT2D eigenvalue weighted by atomic mass is 35.5. The molecule has 0 saturated carbocycles. The molecule has 0 aliphatic heterocycles. The topological polar surface area (TPSA) is 62.3 Å². The van der Waals surface area contributed by atoms with Crippen molar-refractivity contribution in [1.82, 2.24) is 9.88 Å². The van der Waals surface area contributed by atoms with Crippen LogP contribution >= 0.6 is 11.6 Å². The van der Waals surface area contributed by atoms with Crippen LogP contribution in [0.3, 0.4) is 0 Å². The fraction of sp³-hybridized carbons (Fsp3) is 0.278. The molecule has 5 nitrogen and oxygen atoms in total. The van der Waals surface area contributed by atoms with Gasteiger partial charge in [-0.3, -0.25) is 14.6 Å². The van der Waals surface area contributed by atoms with Crippen LogP contribution < -0.4 is 5.32 Å². The standard InChI is InChI=1S/C18H20ClN3O2/c1-12(10-14-6-4-5-9-20-14)22(3)18(24)16-11-15(21-13(2)23)7-8-17(16)19/h4-9,11-12H,10H2,1-3H3,(H,21,23). The van der Waals surface area contributed by atoms with Crippen LogP contribution in [0.5, 0.6) is 0 Å². The van der Waals surface area contributed by atoms with E-state index in [-0.39, 0.29) is 17.9 Å². The van der Waals surface area contributed by atoms with Crippen molar-refractivity contribution in [1.29, 1.82) is 0 Å². The first-order valence-corrected chi connectivity index (χ1v) is 8.00. The van der Waals surface area contributed by atoms with Crippen molar-refractivity contribution in [2.24, 2.45) is 0 Å². The molecule has 0 aliphatic carbocycles. The van der Waals surface area contributed by atoms with Gasteiger partial charge in [0.2, 0.25) is 5.91 Å². The monoisotopic (exact) mass is 345 g/mol. The van der Waals surface area contributed by atoms with Gasteiger partial charge in [0.05, 0.1) is 10.6 Å². The van der Waals surface area contributed by atoms with Crippen molar-refractivity contribution < 1.29 is 9.59 Å². The molecule has 2 rings (SSSR count). The van der Waals surface area contributed by atoms with E-state index < -0.39 is 0 Å². The number of nitrogens with one attached hydrogen (secondary N) is 1. The molecule has 0 fully saturated rings. The molecule has 1 atom stereocenters. The Morgan fingerprint density at radius 3 is 2.67 bits per heavy atom. The van der Waals surface area contributed by atoms with Gasteiger partial charge in [0, 0.05) is 44.0 Å². The molecule has 24 heavy (non-hydrogen) atoms. The smallest absolute Gasteiger partial charge is 0.255 e. The molecule has 1 heterocycles. The highest BCUT2D eigenvalue weighted by molar-refractivity contribution is 6.34. The first-order chi connectivity index (χ1) is 11.4. The number of hydrogen-bond acceptors (Lipinski definition) is 3. The number of rotatable bonds is 5. The number of pyridine rings is 1. The summed E-state index contributed by atoms with van der Waals surface area (Å²) in [7, 11) is 1.73. The zero-order valence-electron chi connectivity index (χ0n) is 13.9. The van der Waals surface area contributed by atoms with Crippen LogP contribution in [-0.4, -0.2) is 34.8 Å². The highest BCUT2D eigenvalue weighted by Gasteiger charge is 2.21. The second kappa shape index (κ2) is 7.93. The molecule has 126 valence electrons. The van der Waals surface area contributed by atoms with Gasteiger partial charge in [0.1, 0.15) is 0 Å². The van der Waals surface area contributed by atoms with Crippen LogP contribution in [0, 0.1) is 0 Å². The number of anilines is 1. The third-order valence-corrected chi connectivity index (χ3v) is 4.06. The van der Waals surface area contributed by atoms with Gasteiger partial charge in [-0.25, -0.2) is 0 Å². The summed E-state index contributed by atoms with van der Waals surface area (Å²) < 4.78 is 0. The zero-order valence-corrected chi connectivity index (χ0v) is 14.7. The molecule has 0 saturated heterocycles. The Bertz CT molecular complexity index is 734. The summed E-state index contributed by atoms with van der Waals surface area (Å²) in [6.45, 7) is 3.37. The second-order valence-electron chi connectivity index (χ2n) is 5.67. The molecular weight excluding hydrogens is 326 g/mol. The number of likely N-dealkylation sites (N-methyl/N-ethyl adjacent to an activating group) is 1. The molecule has 2 aromatic rings.